The number of likely N-dealkylation sites (N-methyl/N-ethyl adjacent to an activating group) is 1. The van der Waals surface area contributed by atoms with Gasteiger partial charge in [-0.15, -0.1) is 11.3 Å². The fourth-order valence-electron chi connectivity index (χ4n) is 3.23. The summed E-state index contributed by atoms with van der Waals surface area (Å²) in [7, 11) is 4.17. The summed E-state index contributed by atoms with van der Waals surface area (Å²) in [6, 6.07) is 8.40. The SMILES string of the molecule is CS[C@H]1CN(C(=O)Cc2csc(COc3ccc(C)cc3)n2)C[C@H]1N(C)C. The van der Waals surface area contributed by atoms with Crippen LogP contribution in [0, 0.1) is 6.92 Å². The van der Waals surface area contributed by atoms with Crippen molar-refractivity contribution in [2.24, 2.45) is 0 Å². The van der Waals surface area contributed by atoms with E-state index in [1.54, 1.807) is 11.3 Å². The lowest BCUT2D eigenvalue weighted by molar-refractivity contribution is -0.129. The van der Waals surface area contributed by atoms with Gasteiger partial charge in [-0.25, -0.2) is 4.98 Å². The summed E-state index contributed by atoms with van der Waals surface area (Å²) in [5, 5.41) is 3.34. The van der Waals surface area contributed by atoms with Crippen LogP contribution in [0.25, 0.3) is 0 Å². The number of likely N-dealkylation sites (tertiary alicyclic amines) is 1. The van der Waals surface area contributed by atoms with E-state index < -0.39 is 0 Å². The quantitative estimate of drug-likeness (QED) is 0.708. The smallest absolute Gasteiger partial charge is 0.228 e. The van der Waals surface area contributed by atoms with E-state index in [1.807, 2.05) is 46.3 Å². The number of benzene rings is 1. The Morgan fingerprint density at radius 1 is 1.33 bits per heavy atom. The molecule has 0 N–H and O–H groups in total. The molecular weight excluding hydrogens is 378 g/mol. The molecular formula is C20H27N3O2S2. The second-order valence-corrected chi connectivity index (χ2v) is 9.13. The Balaban J connectivity index is 1.53. The molecule has 0 unspecified atom stereocenters. The first-order chi connectivity index (χ1) is 13.0. The van der Waals surface area contributed by atoms with Gasteiger partial charge >= 0.3 is 0 Å². The molecule has 27 heavy (non-hydrogen) atoms. The van der Waals surface area contributed by atoms with Gasteiger partial charge in [0.2, 0.25) is 5.91 Å². The number of hydrogen-bond acceptors (Lipinski definition) is 6. The first kappa shape index (κ1) is 20.2. The number of thioether (sulfide) groups is 1. The number of ether oxygens (including phenoxy) is 1. The van der Waals surface area contributed by atoms with Gasteiger partial charge < -0.3 is 14.5 Å². The summed E-state index contributed by atoms with van der Waals surface area (Å²) in [5.74, 6) is 0.998. The number of nitrogens with zero attached hydrogens (tertiary/aromatic N) is 3. The number of aryl methyl sites for hydroxylation is 1. The van der Waals surface area contributed by atoms with Crippen molar-refractivity contribution >= 4 is 29.0 Å². The number of hydrogen-bond donors (Lipinski definition) is 0. The van der Waals surface area contributed by atoms with E-state index in [1.165, 1.54) is 5.56 Å². The summed E-state index contributed by atoms with van der Waals surface area (Å²) < 4.78 is 5.78. The molecule has 1 aromatic carbocycles. The van der Waals surface area contributed by atoms with Crippen LogP contribution in [0.2, 0.25) is 0 Å². The molecule has 7 heteroatoms. The van der Waals surface area contributed by atoms with Crippen LogP contribution in [0.3, 0.4) is 0 Å². The maximum Gasteiger partial charge on any atom is 0.228 e. The van der Waals surface area contributed by atoms with Crippen LogP contribution < -0.4 is 4.74 Å². The van der Waals surface area contributed by atoms with Crippen molar-refractivity contribution in [1.82, 2.24) is 14.8 Å². The minimum absolute atomic E-state index is 0.162. The minimum atomic E-state index is 0.162. The molecule has 1 aliphatic rings. The molecule has 2 atom stereocenters. The average molecular weight is 406 g/mol. The van der Waals surface area contributed by atoms with Crippen LogP contribution in [0.15, 0.2) is 29.6 Å². The highest BCUT2D eigenvalue weighted by atomic mass is 32.2. The zero-order chi connectivity index (χ0) is 19.4. The van der Waals surface area contributed by atoms with Gasteiger partial charge in [-0.3, -0.25) is 4.79 Å². The molecule has 1 fully saturated rings. The lowest BCUT2D eigenvalue weighted by Gasteiger charge is -2.23. The van der Waals surface area contributed by atoms with Gasteiger partial charge in [-0.1, -0.05) is 17.7 Å². The number of carbonyl (C=O) groups is 1. The van der Waals surface area contributed by atoms with Crippen molar-refractivity contribution < 1.29 is 9.53 Å². The van der Waals surface area contributed by atoms with Crippen LogP contribution in [0.1, 0.15) is 16.3 Å². The zero-order valence-corrected chi connectivity index (χ0v) is 18.0. The third-order valence-electron chi connectivity index (χ3n) is 4.87. The fraction of sp³-hybridized carbons (Fsp3) is 0.500. The van der Waals surface area contributed by atoms with Crippen LogP contribution >= 0.6 is 23.1 Å². The van der Waals surface area contributed by atoms with E-state index >= 15 is 0 Å². The monoisotopic (exact) mass is 405 g/mol. The molecule has 5 nitrogen and oxygen atoms in total. The molecule has 146 valence electrons. The molecule has 0 bridgehead atoms. The van der Waals surface area contributed by atoms with Crippen molar-refractivity contribution in [1.29, 1.82) is 0 Å². The first-order valence-electron chi connectivity index (χ1n) is 9.06. The van der Waals surface area contributed by atoms with Crippen LogP contribution in [0.4, 0.5) is 0 Å². The standard InChI is InChI=1S/C20H27N3O2S2/c1-14-5-7-16(8-6-14)25-12-19-21-15(13-27-19)9-20(24)23-10-17(22(2)3)18(11-23)26-4/h5-8,13,17-18H,9-12H2,1-4H3/t17-,18+/m1/s1. The second-order valence-electron chi connectivity index (χ2n) is 7.11. The number of carbonyl (C=O) groups excluding carboxylic acids is 1. The molecule has 0 aliphatic carbocycles. The van der Waals surface area contributed by atoms with Gasteiger partial charge in [-0.05, 0) is 39.4 Å². The fourth-order valence-corrected chi connectivity index (χ4v) is 4.91. The molecule has 0 spiro atoms. The Labute approximate surface area is 169 Å². The van der Waals surface area contributed by atoms with E-state index in [4.69, 9.17) is 4.74 Å². The minimum Gasteiger partial charge on any atom is -0.486 e. The highest BCUT2D eigenvalue weighted by molar-refractivity contribution is 7.99. The third-order valence-corrected chi connectivity index (χ3v) is 6.81. The summed E-state index contributed by atoms with van der Waals surface area (Å²) in [5.41, 5.74) is 2.04. The third kappa shape index (κ3) is 5.24. The van der Waals surface area contributed by atoms with Crippen LogP contribution in [-0.2, 0) is 17.8 Å². The molecule has 1 amide bonds. The highest BCUT2D eigenvalue weighted by Gasteiger charge is 2.35. The van der Waals surface area contributed by atoms with Crippen molar-refractivity contribution in [3.63, 3.8) is 0 Å². The zero-order valence-electron chi connectivity index (χ0n) is 16.3. The molecule has 2 heterocycles. The van der Waals surface area contributed by atoms with Crippen molar-refractivity contribution in [2.45, 2.75) is 31.2 Å². The summed E-state index contributed by atoms with van der Waals surface area (Å²) in [6.07, 6.45) is 2.48. The first-order valence-corrected chi connectivity index (χ1v) is 11.2. The van der Waals surface area contributed by atoms with Gasteiger partial charge in [0.25, 0.3) is 0 Å². The Morgan fingerprint density at radius 2 is 2.07 bits per heavy atom. The Kier molecular flexibility index (Phi) is 6.78. The predicted octanol–water partition coefficient (Wildman–Crippen LogP) is 3.08. The summed E-state index contributed by atoms with van der Waals surface area (Å²) in [4.78, 5) is 21.5. The maximum absolute atomic E-state index is 12.7. The topological polar surface area (TPSA) is 45.7 Å². The molecule has 0 saturated carbocycles. The maximum atomic E-state index is 12.7. The lowest BCUT2D eigenvalue weighted by Crippen LogP contribution is -2.37. The Hall–Kier alpha value is -1.57. The normalized spacial score (nSPS) is 19.7. The van der Waals surface area contributed by atoms with E-state index in [2.05, 4.69) is 37.2 Å². The van der Waals surface area contributed by atoms with E-state index in [0.29, 0.717) is 24.3 Å². The van der Waals surface area contributed by atoms with Crippen molar-refractivity contribution in [2.75, 3.05) is 33.4 Å². The van der Waals surface area contributed by atoms with Crippen molar-refractivity contribution in [3.8, 4) is 5.75 Å². The molecule has 1 saturated heterocycles. The second kappa shape index (κ2) is 9.08. The number of rotatable bonds is 7. The van der Waals surface area contributed by atoms with E-state index in [-0.39, 0.29) is 5.91 Å². The predicted molar refractivity (Wildman–Crippen MR) is 113 cm³/mol. The van der Waals surface area contributed by atoms with E-state index in [0.717, 1.165) is 29.5 Å². The van der Waals surface area contributed by atoms with Crippen molar-refractivity contribution in [3.05, 3.63) is 45.9 Å². The molecule has 2 aromatic rings. The Bertz CT molecular complexity index is 761. The molecule has 1 aliphatic heterocycles. The van der Waals surface area contributed by atoms with Gasteiger partial charge in [-0.2, -0.15) is 11.8 Å². The Morgan fingerprint density at radius 3 is 2.70 bits per heavy atom. The van der Waals surface area contributed by atoms with E-state index in [9.17, 15) is 4.79 Å². The summed E-state index contributed by atoms with van der Waals surface area (Å²) in [6.45, 7) is 4.10. The van der Waals surface area contributed by atoms with Gasteiger partial charge in [0, 0.05) is 29.8 Å². The van der Waals surface area contributed by atoms with Crippen LogP contribution in [0.5, 0.6) is 5.75 Å². The van der Waals surface area contributed by atoms with Gasteiger partial charge in [0.15, 0.2) is 0 Å². The van der Waals surface area contributed by atoms with Crippen LogP contribution in [-0.4, -0.2) is 65.4 Å². The molecule has 3 rings (SSSR count). The van der Waals surface area contributed by atoms with Gasteiger partial charge in [0.05, 0.1) is 12.1 Å². The molecule has 1 aromatic heterocycles. The number of thiazole rings is 1. The lowest BCUT2D eigenvalue weighted by atomic mass is 10.2. The van der Waals surface area contributed by atoms with Gasteiger partial charge in [0.1, 0.15) is 17.4 Å². The highest BCUT2D eigenvalue weighted by Crippen LogP contribution is 2.25. The number of amides is 1. The largest absolute Gasteiger partial charge is 0.486 e. The number of aromatic nitrogens is 1. The molecule has 0 radical (unpaired) electrons. The average Bonchev–Trinajstić information content (AvgIpc) is 3.28. The summed E-state index contributed by atoms with van der Waals surface area (Å²) >= 11 is 3.39.